The van der Waals surface area contributed by atoms with E-state index in [9.17, 15) is 4.79 Å². The van der Waals surface area contributed by atoms with Gasteiger partial charge >= 0.3 is 0 Å². The zero-order valence-corrected chi connectivity index (χ0v) is 9.68. The molecule has 0 aromatic carbocycles. The van der Waals surface area contributed by atoms with Crippen molar-refractivity contribution >= 4 is 5.91 Å². The quantitative estimate of drug-likeness (QED) is 0.683. The maximum atomic E-state index is 11.2. The number of rotatable bonds is 1. The van der Waals surface area contributed by atoms with Crippen molar-refractivity contribution in [2.75, 3.05) is 0 Å². The molecule has 1 amide bonds. The Morgan fingerprint density at radius 1 is 1.36 bits per heavy atom. The molecule has 2 saturated carbocycles. The normalized spacial score (nSPS) is 44.0. The molecule has 0 spiro atoms. The van der Waals surface area contributed by atoms with E-state index >= 15 is 0 Å². The van der Waals surface area contributed by atoms with Gasteiger partial charge in [0.2, 0.25) is 5.91 Å². The van der Waals surface area contributed by atoms with Crippen molar-refractivity contribution in [1.29, 1.82) is 0 Å². The Bertz CT molecular complexity index is 267. The Balaban J connectivity index is 2.25. The summed E-state index contributed by atoms with van der Waals surface area (Å²) in [6, 6.07) is 0.381. The lowest BCUT2D eigenvalue weighted by molar-refractivity contribution is -0.121. The van der Waals surface area contributed by atoms with Crippen LogP contribution in [-0.2, 0) is 4.79 Å². The highest BCUT2D eigenvalue weighted by Crippen LogP contribution is 2.62. The van der Waals surface area contributed by atoms with E-state index in [4.69, 9.17) is 0 Å². The lowest BCUT2D eigenvalue weighted by atomic mass is 9.68. The fraction of sp³-hybridized carbons (Fsp3) is 0.917. The van der Waals surface area contributed by atoms with Crippen LogP contribution in [0, 0.1) is 16.7 Å². The fourth-order valence-electron chi connectivity index (χ4n) is 3.87. The molecule has 0 aliphatic heterocycles. The minimum absolute atomic E-state index is 0.122. The molecule has 2 aliphatic carbocycles. The number of hydrogen-bond donors (Lipinski definition) is 1. The number of amides is 1. The lowest BCUT2D eigenvalue weighted by Gasteiger charge is -2.42. The van der Waals surface area contributed by atoms with Crippen LogP contribution in [0.4, 0.5) is 0 Å². The van der Waals surface area contributed by atoms with Gasteiger partial charge in [-0.05, 0) is 36.0 Å². The highest BCUT2D eigenvalue weighted by Gasteiger charge is 2.59. The average Bonchev–Trinajstić information content (AvgIpc) is 2.49. The average molecular weight is 195 g/mol. The number of nitrogens with one attached hydrogen (secondary N) is 1. The first-order chi connectivity index (χ1) is 6.36. The van der Waals surface area contributed by atoms with Crippen molar-refractivity contribution in [1.82, 2.24) is 5.32 Å². The third-order valence-electron chi connectivity index (χ3n) is 4.62. The van der Waals surface area contributed by atoms with Crippen molar-refractivity contribution in [3.05, 3.63) is 0 Å². The van der Waals surface area contributed by atoms with E-state index in [1.165, 1.54) is 19.3 Å². The third kappa shape index (κ3) is 1.19. The van der Waals surface area contributed by atoms with Gasteiger partial charge in [-0.15, -0.1) is 0 Å². The molecule has 14 heavy (non-hydrogen) atoms. The first-order valence-electron chi connectivity index (χ1n) is 5.63. The molecule has 2 bridgehead atoms. The van der Waals surface area contributed by atoms with Crippen molar-refractivity contribution in [3.8, 4) is 0 Å². The second-order valence-corrected chi connectivity index (χ2v) is 6.05. The van der Waals surface area contributed by atoms with Crippen molar-refractivity contribution in [2.24, 2.45) is 16.7 Å². The summed E-state index contributed by atoms with van der Waals surface area (Å²) < 4.78 is 0. The van der Waals surface area contributed by atoms with Crippen LogP contribution in [0.1, 0.15) is 47.0 Å². The van der Waals surface area contributed by atoms with Gasteiger partial charge in [0.15, 0.2) is 0 Å². The Hall–Kier alpha value is -0.530. The molecular weight excluding hydrogens is 174 g/mol. The van der Waals surface area contributed by atoms with Crippen LogP contribution in [0.2, 0.25) is 0 Å². The summed E-state index contributed by atoms with van der Waals surface area (Å²) in [7, 11) is 0. The molecule has 0 aromatic rings. The van der Waals surface area contributed by atoms with Crippen molar-refractivity contribution in [3.63, 3.8) is 0 Å². The summed E-state index contributed by atoms with van der Waals surface area (Å²) >= 11 is 0. The molecule has 80 valence electrons. The van der Waals surface area contributed by atoms with E-state index in [1.807, 2.05) is 0 Å². The summed E-state index contributed by atoms with van der Waals surface area (Å²) in [5.41, 5.74) is 0.651. The molecule has 2 aliphatic rings. The molecule has 3 atom stereocenters. The Labute approximate surface area is 86.5 Å². The second-order valence-electron chi connectivity index (χ2n) is 6.05. The molecule has 0 saturated heterocycles. The molecule has 2 fully saturated rings. The second kappa shape index (κ2) is 2.74. The molecule has 0 unspecified atom stereocenters. The molecule has 0 aromatic heterocycles. The predicted octanol–water partition coefficient (Wildman–Crippen LogP) is 2.34. The minimum atomic E-state index is 0.122. The zero-order chi connectivity index (χ0) is 10.6. The SMILES string of the molecule is CC(=O)N[C@@H]1C(C)(C)[C@@H]2CC[C@@]1(C)C2. The van der Waals surface area contributed by atoms with Crippen molar-refractivity contribution < 1.29 is 4.79 Å². The Morgan fingerprint density at radius 3 is 2.43 bits per heavy atom. The Morgan fingerprint density at radius 2 is 2.00 bits per heavy atom. The summed E-state index contributed by atoms with van der Waals surface area (Å²) in [5.74, 6) is 0.932. The van der Waals surface area contributed by atoms with Crippen LogP contribution >= 0.6 is 0 Å². The van der Waals surface area contributed by atoms with E-state index in [2.05, 4.69) is 26.1 Å². The van der Waals surface area contributed by atoms with Gasteiger partial charge in [-0.25, -0.2) is 0 Å². The molecule has 0 radical (unpaired) electrons. The summed E-state index contributed by atoms with van der Waals surface area (Å²) in [6.07, 6.45) is 3.93. The van der Waals surface area contributed by atoms with E-state index in [-0.39, 0.29) is 5.91 Å². The molecule has 2 heteroatoms. The number of hydrogen-bond acceptors (Lipinski definition) is 1. The number of carbonyl (C=O) groups is 1. The minimum Gasteiger partial charge on any atom is -0.353 e. The summed E-state index contributed by atoms with van der Waals surface area (Å²) in [5, 5.41) is 3.16. The lowest BCUT2D eigenvalue weighted by Crippen LogP contribution is -2.51. The Kier molecular flexibility index (Phi) is 1.96. The zero-order valence-electron chi connectivity index (χ0n) is 9.68. The first-order valence-corrected chi connectivity index (χ1v) is 5.63. The largest absolute Gasteiger partial charge is 0.353 e. The highest BCUT2D eigenvalue weighted by molar-refractivity contribution is 5.73. The topological polar surface area (TPSA) is 29.1 Å². The van der Waals surface area contributed by atoms with Crippen LogP contribution in [0.15, 0.2) is 0 Å². The van der Waals surface area contributed by atoms with E-state index in [0.29, 0.717) is 16.9 Å². The van der Waals surface area contributed by atoms with Gasteiger partial charge in [-0.3, -0.25) is 4.79 Å². The fourth-order valence-corrected chi connectivity index (χ4v) is 3.87. The standard InChI is InChI=1S/C12H21NO/c1-8(14)13-10-11(2,3)9-5-6-12(10,4)7-9/h9-10H,5-7H2,1-4H3,(H,13,14)/t9-,10-,12+/m1/s1. The van der Waals surface area contributed by atoms with E-state index < -0.39 is 0 Å². The predicted molar refractivity (Wildman–Crippen MR) is 56.8 cm³/mol. The first kappa shape index (κ1) is 10.0. The summed E-state index contributed by atoms with van der Waals surface area (Å²) in [6.45, 7) is 8.58. The van der Waals surface area contributed by atoms with Crippen molar-refractivity contribution in [2.45, 2.75) is 53.0 Å². The molecular formula is C12H21NO. The highest BCUT2D eigenvalue weighted by atomic mass is 16.1. The van der Waals surface area contributed by atoms with Crippen LogP contribution in [0.3, 0.4) is 0 Å². The van der Waals surface area contributed by atoms with Crippen LogP contribution in [0.5, 0.6) is 0 Å². The van der Waals surface area contributed by atoms with Crippen LogP contribution in [0.25, 0.3) is 0 Å². The molecule has 1 N–H and O–H groups in total. The maximum absolute atomic E-state index is 11.2. The van der Waals surface area contributed by atoms with Gasteiger partial charge < -0.3 is 5.32 Å². The van der Waals surface area contributed by atoms with E-state index in [1.54, 1.807) is 6.92 Å². The molecule has 2 rings (SSSR count). The molecule has 2 nitrogen and oxygen atoms in total. The van der Waals surface area contributed by atoms with Gasteiger partial charge in [0.25, 0.3) is 0 Å². The maximum Gasteiger partial charge on any atom is 0.217 e. The third-order valence-corrected chi connectivity index (χ3v) is 4.62. The van der Waals surface area contributed by atoms with Crippen LogP contribution < -0.4 is 5.32 Å². The van der Waals surface area contributed by atoms with Crippen LogP contribution in [-0.4, -0.2) is 11.9 Å². The number of fused-ring (bicyclic) bond motifs is 2. The smallest absolute Gasteiger partial charge is 0.217 e. The van der Waals surface area contributed by atoms with Gasteiger partial charge in [-0.2, -0.15) is 0 Å². The van der Waals surface area contributed by atoms with Gasteiger partial charge in [0.05, 0.1) is 0 Å². The molecule has 0 heterocycles. The summed E-state index contributed by atoms with van der Waals surface area (Å²) in [4.78, 5) is 11.2. The monoisotopic (exact) mass is 195 g/mol. The number of carbonyl (C=O) groups excluding carboxylic acids is 1. The van der Waals surface area contributed by atoms with Gasteiger partial charge in [-0.1, -0.05) is 20.8 Å². The van der Waals surface area contributed by atoms with Gasteiger partial charge in [0, 0.05) is 13.0 Å². The van der Waals surface area contributed by atoms with E-state index in [0.717, 1.165) is 5.92 Å². The van der Waals surface area contributed by atoms with Gasteiger partial charge in [0.1, 0.15) is 0 Å².